The van der Waals surface area contributed by atoms with Crippen molar-refractivity contribution in [2.45, 2.75) is 126 Å². The number of halogens is 10. The first-order valence-electron chi connectivity index (χ1n) is 7.43. The summed E-state index contributed by atoms with van der Waals surface area (Å²) < 4.78 is 122. The maximum Gasteiger partial charge on any atom is 0.490 e. The molecule has 0 bridgehead atoms. The van der Waals surface area contributed by atoms with Crippen LogP contribution in [0.15, 0.2) is 12.4 Å². The number of carbonyl (C=O) groups is 1. The number of ether oxygens (including phenoxy) is 2. The molecule has 0 aliphatic heterocycles. The van der Waals surface area contributed by atoms with Gasteiger partial charge in [-0.15, -0.1) is 17.6 Å². The van der Waals surface area contributed by atoms with E-state index in [0.29, 0.717) is 7.11 Å². The van der Waals surface area contributed by atoms with E-state index in [1.807, 2.05) is 13.8 Å². The Morgan fingerprint density at radius 3 is 1.13 bits per heavy atom. The molecule has 0 aromatic rings. The highest BCUT2D eigenvalue weighted by Gasteiger charge is 2.60. The van der Waals surface area contributed by atoms with E-state index in [-0.39, 0.29) is 100 Å². The summed E-state index contributed by atoms with van der Waals surface area (Å²) in [6.45, 7) is 7.21. The molecule has 0 aromatic carbocycles. The van der Waals surface area contributed by atoms with Crippen LogP contribution >= 0.6 is 0 Å². The lowest BCUT2D eigenvalue weighted by molar-refractivity contribution is -0.477. The largest absolute Gasteiger partial charge is 0.490 e. The summed E-state index contributed by atoms with van der Waals surface area (Å²) in [5.74, 6) is -1.87. The molecule has 0 saturated carbocycles. The molecule has 0 fully saturated rings. The molecule has 252 valence electrons. The predicted molar refractivity (Wildman–Crippen MR) is 150 cm³/mol. The fourth-order valence-corrected chi connectivity index (χ4v) is 0.554. The van der Waals surface area contributed by atoms with Crippen LogP contribution in [0.4, 0.5) is 48.7 Å². The van der Waals surface area contributed by atoms with E-state index in [2.05, 4.69) is 16.1 Å². The second-order valence-electron chi connectivity index (χ2n) is 4.85. The average Bonchev–Trinajstić information content (AvgIpc) is 2.53. The Kier molecular flexibility index (Phi) is 109. The van der Waals surface area contributed by atoms with Crippen molar-refractivity contribution in [2.75, 3.05) is 20.5 Å². The second-order valence-corrected chi connectivity index (χ2v) is 4.85. The van der Waals surface area contributed by atoms with Crippen molar-refractivity contribution in [1.82, 2.24) is 0 Å². The molecule has 0 rings (SSSR count). The van der Waals surface area contributed by atoms with Crippen molar-refractivity contribution in [3.05, 3.63) is 12.4 Å². The lowest BCUT2D eigenvalue weighted by Gasteiger charge is -2.29. The Morgan fingerprint density at radius 1 is 0.789 bits per heavy atom. The summed E-state index contributed by atoms with van der Waals surface area (Å²) in [4.78, 5) is 8.11. The van der Waals surface area contributed by atoms with Crippen molar-refractivity contribution >= 4 is 6.29 Å². The van der Waals surface area contributed by atoms with Gasteiger partial charge in [-0.2, -0.15) is 8.78 Å². The van der Waals surface area contributed by atoms with Crippen LogP contribution in [0.25, 0.3) is 0 Å². The first-order valence-corrected chi connectivity index (χ1v) is 7.43. The molecule has 0 aromatic heterocycles. The van der Waals surface area contributed by atoms with Crippen LogP contribution < -0.4 is 0 Å². The molecule has 0 amide bonds. The van der Waals surface area contributed by atoms with Crippen molar-refractivity contribution in [2.24, 2.45) is 5.92 Å². The van der Waals surface area contributed by atoms with Gasteiger partial charge in [-0.05, 0) is 19.8 Å². The molecule has 0 saturated heterocycles. The highest BCUT2D eigenvalue weighted by molar-refractivity contribution is 5.55. The first-order chi connectivity index (χ1) is 12.4. The van der Waals surface area contributed by atoms with E-state index < -0.39 is 30.2 Å². The maximum atomic E-state index is 12.9. The van der Waals surface area contributed by atoms with Crippen molar-refractivity contribution in [3.8, 4) is 0 Å². The number of alkyl halides is 7. The van der Waals surface area contributed by atoms with Crippen LogP contribution in [0.5, 0.6) is 0 Å². The van der Waals surface area contributed by atoms with E-state index in [1.54, 1.807) is 0 Å². The van der Waals surface area contributed by atoms with Gasteiger partial charge in [0.25, 0.3) is 0 Å². The van der Waals surface area contributed by atoms with Crippen LogP contribution in [0.1, 0.15) is 108 Å². The molecule has 0 N–H and O–H groups in total. The third-order valence-electron chi connectivity index (χ3n) is 2.50. The summed E-state index contributed by atoms with van der Waals surface area (Å²) >= 11 is 0. The second kappa shape index (κ2) is 45.5. The minimum absolute atomic E-state index is 0. The van der Waals surface area contributed by atoms with Crippen LogP contribution in [-0.4, -0.2) is 44.8 Å². The zero-order valence-corrected chi connectivity index (χ0v) is 15.9. The minimum atomic E-state index is -5.11. The van der Waals surface area contributed by atoms with Gasteiger partial charge < -0.3 is 0 Å². The van der Waals surface area contributed by atoms with Crippen LogP contribution in [-0.2, 0) is 9.47 Å². The molecule has 0 aliphatic rings. The van der Waals surface area contributed by atoms with E-state index >= 15 is 0 Å². The molecule has 13 heteroatoms. The van der Waals surface area contributed by atoms with Crippen LogP contribution in [0, 0.1) is 5.92 Å². The Hall–Kier alpha value is -1.37. The SMILES string of the molecule is C.C.C.C.C.C.C.C.C.C.C=C(F)C(C)(F)C(F)(F)OC(F)(F)OC.CCC(C)CF.CCF.O=C(F)F. The van der Waals surface area contributed by atoms with Crippen molar-refractivity contribution in [3.63, 3.8) is 0 Å². The number of hydrogen-bond donors (Lipinski definition) is 0. The molecule has 2 atom stereocenters. The van der Waals surface area contributed by atoms with Crippen molar-refractivity contribution in [1.29, 1.82) is 0 Å². The molecular weight excluding hydrogens is 538 g/mol. The number of carbonyl (C=O) groups excluding carboxylic acids is 1. The minimum Gasteiger partial charge on any atom is -0.299 e. The molecule has 0 heterocycles. The molecular formula is C25H64F10O3. The van der Waals surface area contributed by atoms with Crippen LogP contribution in [0.2, 0.25) is 0 Å². The quantitative estimate of drug-likeness (QED) is 0.165. The third-order valence-corrected chi connectivity index (χ3v) is 2.50. The Labute approximate surface area is 230 Å². The lowest BCUT2D eigenvalue weighted by Crippen LogP contribution is -2.48. The Balaban J connectivity index is -0.0000000182. The van der Waals surface area contributed by atoms with E-state index in [0.717, 1.165) is 6.42 Å². The number of hydrogen-bond acceptors (Lipinski definition) is 3. The normalized spacial score (nSPS) is 10.3. The topological polar surface area (TPSA) is 35.5 Å². The Bertz CT molecular complexity index is 416. The Morgan fingerprint density at radius 2 is 1.03 bits per heavy atom. The highest BCUT2D eigenvalue weighted by atomic mass is 19.3. The maximum absolute atomic E-state index is 12.9. The summed E-state index contributed by atoms with van der Waals surface area (Å²) in [7, 11) is 0.357. The third kappa shape index (κ3) is 55.2. The van der Waals surface area contributed by atoms with Gasteiger partial charge in [0.1, 0.15) is 5.83 Å². The van der Waals surface area contributed by atoms with Crippen molar-refractivity contribution < 1.29 is 58.2 Å². The average molecular weight is 603 g/mol. The summed E-state index contributed by atoms with van der Waals surface area (Å²) in [5.41, 5.74) is -4.07. The molecule has 3 nitrogen and oxygen atoms in total. The highest BCUT2D eigenvalue weighted by Crippen LogP contribution is 2.42. The molecule has 0 spiro atoms. The number of rotatable bonds is 7. The first kappa shape index (κ1) is 90.8. The monoisotopic (exact) mass is 602 g/mol. The van der Waals surface area contributed by atoms with Gasteiger partial charge in [-0.3, -0.25) is 13.5 Å². The van der Waals surface area contributed by atoms with E-state index in [9.17, 15) is 43.9 Å². The lowest BCUT2D eigenvalue weighted by atomic mass is 10.1. The zero-order chi connectivity index (χ0) is 23.8. The molecule has 38 heavy (non-hydrogen) atoms. The van der Waals surface area contributed by atoms with Gasteiger partial charge in [0.15, 0.2) is 0 Å². The molecule has 0 aliphatic carbocycles. The smallest absolute Gasteiger partial charge is 0.299 e. The zero-order valence-electron chi connectivity index (χ0n) is 15.9. The summed E-state index contributed by atoms with van der Waals surface area (Å²) in [6.07, 6.45) is -11.7. The molecule has 0 radical (unpaired) electrons. The predicted octanol–water partition coefficient (Wildman–Crippen LogP) is 13.4. The standard InChI is InChI=1S/C7H8F6O2.C5H11F.C2H5F.CF2O.10CH4/c1-4(8)5(2,9)6(10,11)15-7(12,13)14-3;1-3-5(2)4-6;1-2-3;2-1(3)4;;;;;;;;;;/h1H2,2-3H3;5H,3-4H2,1-2H3;2H2,1H3;;10*1H4. The van der Waals surface area contributed by atoms with E-state index in [4.69, 9.17) is 4.79 Å². The van der Waals surface area contributed by atoms with Crippen LogP contribution in [0.3, 0.4) is 0 Å². The van der Waals surface area contributed by atoms with E-state index in [1.165, 1.54) is 6.92 Å². The molecule has 2 unspecified atom stereocenters. The fraction of sp³-hybridized carbons (Fsp3) is 0.880. The van der Waals surface area contributed by atoms with Gasteiger partial charge in [0.2, 0.25) is 5.67 Å². The van der Waals surface area contributed by atoms with Gasteiger partial charge in [0.05, 0.1) is 13.3 Å². The number of methoxy groups -OCH3 is 1. The van der Waals surface area contributed by atoms with Gasteiger partial charge in [0, 0.05) is 7.11 Å². The van der Waals surface area contributed by atoms with Gasteiger partial charge in [-0.25, -0.2) is 18.3 Å². The summed E-state index contributed by atoms with van der Waals surface area (Å²) in [5, 5.41) is 0. The fourth-order valence-electron chi connectivity index (χ4n) is 0.554. The summed E-state index contributed by atoms with van der Waals surface area (Å²) in [6, 6.07) is 0. The van der Waals surface area contributed by atoms with Gasteiger partial charge in [-0.1, -0.05) is 101 Å². The van der Waals surface area contributed by atoms with Gasteiger partial charge >= 0.3 is 18.7 Å².